The normalized spacial score (nSPS) is 10.6. The Kier molecular flexibility index (Phi) is 3.94. The summed E-state index contributed by atoms with van der Waals surface area (Å²) >= 11 is 1.43. The second kappa shape index (κ2) is 6.03. The van der Waals surface area contributed by atoms with Gasteiger partial charge in [-0.2, -0.15) is 0 Å². The Bertz CT molecular complexity index is 720. The highest BCUT2D eigenvalue weighted by Gasteiger charge is 2.04. The highest BCUT2D eigenvalue weighted by molar-refractivity contribution is 7.13. The molecule has 2 aromatic carbocycles. The van der Waals surface area contributed by atoms with E-state index in [2.05, 4.69) is 22.3 Å². The Morgan fingerprint density at radius 3 is 2.10 bits per heavy atom. The fourth-order valence-corrected chi connectivity index (χ4v) is 2.52. The molecule has 0 spiro atoms. The van der Waals surface area contributed by atoms with E-state index in [0.29, 0.717) is 11.7 Å². The van der Waals surface area contributed by atoms with Crippen molar-refractivity contribution < 1.29 is 4.74 Å². The van der Waals surface area contributed by atoms with Gasteiger partial charge in [0.1, 0.15) is 10.8 Å². The van der Waals surface area contributed by atoms with Crippen LogP contribution in [-0.2, 0) is 6.54 Å². The molecule has 0 fully saturated rings. The maximum absolute atomic E-state index is 5.65. The fraction of sp³-hybridized carbons (Fsp3) is 0.125. The molecule has 106 valence electrons. The second-order valence-corrected chi connectivity index (χ2v) is 5.76. The van der Waals surface area contributed by atoms with Crippen molar-refractivity contribution in [1.29, 1.82) is 0 Å². The van der Waals surface area contributed by atoms with Gasteiger partial charge in [-0.15, -0.1) is 5.10 Å². The van der Waals surface area contributed by atoms with Crippen LogP contribution in [0.1, 0.15) is 10.6 Å². The lowest BCUT2D eigenvalue weighted by Crippen LogP contribution is -1.95. The predicted octanol–water partition coefficient (Wildman–Crippen LogP) is 3.76. The number of benzene rings is 2. The quantitative estimate of drug-likeness (QED) is 0.796. The molecule has 0 amide bonds. The van der Waals surface area contributed by atoms with Crippen LogP contribution >= 0.6 is 11.3 Å². The monoisotopic (exact) mass is 297 g/mol. The highest BCUT2D eigenvalue weighted by atomic mass is 32.1. The molecule has 0 aliphatic rings. The largest absolute Gasteiger partial charge is 0.430 e. The zero-order chi connectivity index (χ0) is 14.7. The van der Waals surface area contributed by atoms with Crippen LogP contribution < -0.4 is 10.5 Å². The van der Waals surface area contributed by atoms with Gasteiger partial charge in [0.2, 0.25) is 0 Å². The molecule has 1 heterocycles. The number of aryl methyl sites for hydroxylation is 1. The number of hydrogen-bond acceptors (Lipinski definition) is 5. The van der Waals surface area contributed by atoms with Gasteiger partial charge >= 0.3 is 0 Å². The van der Waals surface area contributed by atoms with Gasteiger partial charge in [0.25, 0.3) is 5.19 Å². The number of aromatic nitrogens is 2. The molecular weight excluding hydrogens is 282 g/mol. The van der Waals surface area contributed by atoms with Crippen molar-refractivity contribution in [3.8, 4) is 22.1 Å². The van der Waals surface area contributed by atoms with Gasteiger partial charge < -0.3 is 10.5 Å². The van der Waals surface area contributed by atoms with E-state index in [1.165, 1.54) is 11.3 Å². The van der Waals surface area contributed by atoms with Crippen LogP contribution in [0.15, 0.2) is 48.5 Å². The van der Waals surface area contributed by atoms with Gasteiger partial charge in [-0.25, -0.2) is 0 Å². The average Bonchev–Trinajstić information content (AvgIpc) is 2.93. The molecule has 1 aromatic heterocycles. The van der Waals surface area contributed by atoms with Crippen LogP contribution in [0, 0.1) is 6.92 Å². The van der Waals surface area contributed by atoms with Crippen LogP contribution in [0.4, 0.5) is 0 Å². The Balaban J connectivity index is 1.76. The molecule has 0 saturated heterocycles. The average molecular weight is 297 g/mol. The van der Waals surface area contributed by atoms with E-state index >= 15 is 0 Å². The summed E-state index contributed by atoms with van der Waals surface area (Å²) in [7, 11) is 0. The van der Waals surface area contributed by atoms with Gasteiger partial charge in [-0.05, 0) is 35.7 Å². The predicted molar refractivity (Wildman–Crippen MR) is 84.5 cm³/mol. The van der Waals surface area contributed by atoms with Crippen LogP contribution in [-0.4, -0.2) is 10.2 Å². The van der Waals surface area contributed by atoms with Crippen molar-refractivity contribution in [2.45, 2.75) is 13.5 Å². The standard InChI is InChI=1S/C16H15N3OS/c1-11-18-19-16(21-11)20-15-8-6-14(7-9-15)13-4-2-12(10-17)3-5-13/h2-9H,10,17H2,1H3. The number of ether oxygens (including phenoxy) is 1. The number of hydrogen-bond donors (Lipinski definition) is 1. The van der Waals surface area contributed by atoms with E-state index in [1.54, 1.807) is 0 Å². The zero-order valence-electron chi connectivity index (χ0n) is 11.6. The topological polar surface area (TPSA) is 61.0 Å². The molecule has 4 nitrogen and oxygen atoms in total. The Morgan fingerprint density at radius 1 is 0.952 bits per heavy atom. The molecule has 0 bridgehead atoms. The molecule has 0 saturated carbocycles. The minimum atomic E-state index is 0.563. The number of nitrogens with zero attached hydrogens (tertiary/aromatic N) is 2. The first-order valence-corrected chi connectivity index (χ1v) is 7.43. The summed E-state index contributed by atoms with van der Waals surface area (Å²) < 4.78 is 5.65. The smallest absolute Gasteiger partial charge is 0.299 e. The van der Waals surface area contributed by atoms with Crippen molar-refractivity contribution >= 4 is 11.3 Å². The lowest BCUT2D eigenvalue weighted by atomic mass is 10.0. The zero-order valence-corrected chi connectivity index (χ0v) is 12.4. The summed E-state index contributed by atoms with van der Waals surface area (Å²) in [6.45, 7) is 2.47. The van der Waals surface area contributed by atoms with Crippen molar-refractivity contribution in [3.63, 3.8) is 0 Å². The molecule has 0 atom stereocenters. The third-order valence-electron chi connectivity index (χ3n) is 3.09. The van der Waals surface area contributed by atoms with Gasteiger partial charge in [-0.3, -0.25) is 0 Å². The minimum Gasteiger partial charge on any atom is -0.430 e. The SMILES string of the molecule is Cc1nnc(Oc2ccc(-c3ccc(CN)cc3)cc2)s1. The second-order valence-electron chi connectivity index (χ2n) is 4.61. The lowest BCUT2D eigenvalue weighted by molar-refractivity contribution is 0.473. The molecule has 0 aliphatic heterocycles. The lowest BCUT2D eigenvalue weighted by Gasteiger charge is -2.05. The molecule has 3 rings (SSSR count). The summed E-state index contributed by atoms with van der Waals surface area (Å²) in [4.78, 5) is 0. The van der Waals surface area contributed by atoms with Gasteiger partial charge in [-0.1, -0.05) is 52.8 Å². The molecule has 3 aromatic rings. The maximum atomic E-state index is 5.65. The van der Waals surface area contributed by atoms with E-state index in [4.69, 9.17) is 10.5 Å². The van der Waals surface area contributed by atoms with Crippen LogP contribution in [0.25, 0.3) is 11.1 Å². The van der Waals surface area contributed by atoms with Crippen molar-refractivity contribution in [3.05, 3.63) is 59.1 Å². The first-order chi connectivity index (χ1) is 10.2. The molecule has 0 aliphatic carbocycles. The van der Waals surface area contributed by atoms with Crippen LogP contribution in [0.5, 0.6) is 10.9 Å². The Hall–Kier alpha value is -2.24. The summed E-state index contributed by atoms with van der Waals surface area (Å²) in [5.41, 5.74) is 9.03. The summed E-state index contributed by atoms with van der Waals surface area (Å²) in [6, 6.07) is 16.2. The van der Waals surface area contributed by atoms with Crippen molar-refractivity contribution in [1.82, 2.24) is 10.2 Å². The molecule has 0 unspecified atom stereocenters. The molecular formula is C16H15N3OS. The van der Waals surface area contributed by atoms with Crippen molar-refractivity contribution in [2.75, 3.05) is 0 Å². The van der Waals surface area contributed by atoms with Crippen molar-refractivity contribution in [2.24, 2.45) is 5.73 Å². The molecule has 2 N–H and O–H groups in total. The third-order valence-corrected chi connectivity index (χ3v) is 3.81. The fourth-order valence-electron chi connectivity index (χ4n) is 1.97. The Morgan fingerprint density at radius 2 is 1.57 bits per heavy atom. The van der Waals surface area contributed by atoms with E-state index in [0.717, 1.165) is 27.4 Å². The molecule has 21 heavy (non-hydrogen) atoms. The van der Waals surface area contributed by atoms with E-state index < -0.39 is 0 Å². The maximum Gasteiger partial charge on any atom is 0.299 e. The van der Waals surface area contributed by atoms with Crippen LogP contribution in [0.3, 0.4) is 0 Å². The number of rotatable bonds is 4. The molecule has 5 heteroatoms. The van der Waals surface area contributed by atoms with Crippen LogP contribution in [0.2, 0.25) is 0 Å². The van der Waals surface area contributed by atoms with E-state index in [9.17, 15) is 0 Å². The van der Waals surface area contributed by atoms with Gasteiger partial charge in [0, 0.05) is 6.54 Å². The summed E-state index contributed by atoms with van der Waals surface area (Å²) in [6.07, 6.45) is 0. The summed E-state index contributed by atoms with van der Waals surface area (Å²) in [5.74, 6) is 0.758. The minimum absolute atomic E-state index is 0.563. The van der Waals surface area contributed by atoms with Gasteiger partial charge in [0.05, 0.1) is 0 Å². The number of nitrogens with two attached hydrogens (primary N) is 1. The van der Waals surface area contributed by atoms with E-state index in [-0.39, 0.29) is 0 Å². The highest BCUT2D eigenvalue weighted by Crippen LogP contribution is 2.27. The summed E-state index contributed by atoms with van der Waals surface area (Å²) in [5, 5.41) is 9.33. The third kappa shape index (κ3) is 3.26. The Labute approximate surface area is 127 Å². The first kappa shape index (κ1) is 13.7. The molecule has 0 radical (unpaired) electrons. The van der Waals surface area contributed by atoms with E-state index in [1.807, 2.05) is 43.3 Å². The first-order valence-electron chi connectivity index (χ1n) is 6.62. The van der Waals surface area contributed by atoms with Gasteiger partial charge in [0.15, 0.2) is 0 Å².